The van der Waals surface area contributed by atoms with Crippen LogP contribution in [0.1, 0.15) is 20.7 Å². The van der Waals surface area contributed by atoms with Crippen LogP contribution in [0.5, 0.6) is 0 Å². The van der Waals surface area contributed by atoms with E-state index >= 15 is 0 Å². The summed E-state index contributed by atoms with van der Waals surface area (Å²) in [6.45, 7) is 0. The Morgan fingerprint density at radius 2 is 1.89 bits per heavy atom. The van der Waals surface area contributed by atoms with Crippen LogP contribution in [-0.2, 0) is 9.84 Å². The van der Waals surface area contributed by atoms with Crippen LogP contribution in [0.2, 0.25) is 0 Å². The summed E-state index contributed by atoms with van der Waals surface area (Å²) in [4.78, 5) is 22.1. The number of nitrogens with one attached hydrogen (secondary N) is 1. The SMILES string of the molecule is CS(=O)(=O)CNc1c(C(N)=O)cccc1C(=O)O. The molecule has 7 nitrogen and oxygen atoms in total. The second-order valence-corrected chi connectivity index (χ2v) is 5.78. The van der Waals surface area contributed by atoms with E-state index in [-0.39, 0.29) is 16.8 Å². The van der Waals surface area contributed by atoms with Crippen molar-refractivity contribution in [1.82, 2.24) is 0 Å². The third-order valence-corrected chi connectivity index (χ3v) is 2.74. The van der Waals surface area contributed by atoms with Crippen molar-refractivity contribution >= 4 is 27.4 Å². The average molecular weight is 272 g/mol. The number of rotatable bonds is 5. The minimum absolute atomic E-state index is 0.0708. The standard InChI is InChI=1S/C10H12N2O5S/c1-18(16,17)5-12-8-6(9(11)13)3-2-4-7(8)10(14)15/h2-4,12H,5H2,1H3,(H2,11,13)(H,14,15). The minimum atomic E-state index is -3.36. The maximum absolute atomic E-state index is 11.2. The van der Waals surface area contributed by atoms with Crippen molar-refractivity contribution in [2.75, 3.05) is 17.4 Å². The highest BCUT2D eigenvalue weighted by Crippen LogP contribution is 2.21. The quantitative estimate of drug-likeness (QED) is 0.686. The molecule has 0 aromatic heterocycles. The molecule has 18 heavy (non-hydrogen) atoms. The Labute approximate surface area is 104 Å². The van der Waals surface area contributed by atoms with Crippen LogP contribution in [0.15, 0.2) is 18.2 Å². The van der Waals surface area contributed by atoms with Gasteiger partial charge in [0.25, 0.3) is 5.91 Å². The topological polar surface area (TPSA) is 127 Å². The molecule has 0 bridgehead atoms. The largest absolute Gasteiger partial charge is 0.478 e. The molecule has 0 atom stereocenters. The van der Waals surface area contributed by atoms with E-state index in [4.69, 9.17) is 10.8 Å². The molecule has 98 valence electrons. The molecule has 1 rings (SSSR count). The molecule has 0 fully saturated rings. The smallest absolute Gasteiger partial charge is 0.337 e. The van der Waals surface area contributed by atoms with E-state index in [2.05, 4.69) is 5.32 Å². The van der Waals surface area contributed by atoms with Crippen molar-refractivity contribution in [1.29, 1.82) is 0 Å². The lowest BCUT2D eigenvalue weighted by Crippen LogP contribution is -2.20. The lowest BCUT2D eigenvalue weighted by molar-refractivity contribution is 0.0698. The van der Waals surface area contributed by atoms with E-state index in [0.717, 1.165) is 6.26 Å². The van der Waals surface area contributed by atoms with Gasteiger partial charge in [-0.1, -0.05) is 6.07 Å². The van der Waals surface area contributed by atoms with E-state index in [1.54, 1.807) is 0 Å². The molecule has 1 aromatic carbocycles. The highest BCUT2D eigenvalue weighted by atomic mass is 32.2. The zero-order chi connectivity index (χ0) is 13.9. The Balaban J connectivity index is 3.27. The average Bonchev–Trinajstić information content (AvgIpc) is 2.24. The number of aromatic carboxylic acids is 1. The summed E-state index contributed by atoms with van der Waals surface area (Å²) in [7, 11) is -3.36. The van der Waals surface area contributed by atoms with Gasteiger partial charge in [0.2, 0.25) is 0 Å². The predicted molar refractivity (Wildman–Crippen MR) is 65.3 cm³/mol. The van der Waals surface area contributed by atoms with E-state index in [1.165, 1.54) is 18.2 Å². The number of carboxylic acid groups (broad SMARTS) is 1. The van der Waals surface area contributed by atoms with Crippen molar-refractivity contribution in [3.63, 3.8) is 0 Å². The number of primary amides is 1. The Morgan fingerprint density at radius 3 is 2.33 bits per heavy atom. The van der Waals surface area contributed by atoms with Crippen LogP contribution in [0.3, 0.4) is 0 Å². The van der Waals surface area contributed by atoms with Gasteiger partial charge < -0.3 is 16.2 Å². The lowest BCUT2D eigenvalue weighted by Gasteiger charge is -2.12. The van der Waals surface area contributed by atoms with Gasteiger partial charge in [-0.2, -0.15) is 0 Å². The predicted octanol–water partition coefficient (Wildman–Crippen LogP) is -0.102. The Hall–Kier alpha value is -2.09. The minimum Gasteiger partial charge on any atom is -0.478 e. The molecule has 0 spiro atoms. The van der Waals surface area contributed by atoms with Gasteiger partial charge in [0.1, 0.15) is 5.88 Å². The fourth-order valence-corrected chi connectivity index (χ4v) is 1.74. The number of hydrogen-bond acceptors (Lipinski definition) is 5. The molecule has 1 aromatic rings. The molecule has 4 N–H and O–H groups in total. The summed E-state index contributed by atoms with van der Waals surface area (Å²) < 4.78 is 22.1. The molecular formula is C10H12N2O5S. The number of sulfone groups is 1. The molecule has 0 saturated carbocycles. The number of hydrogen-bond donors (Lipinski definition) is 3. The van der Waals surface area contributed by atoms with E-state index < -0.39 is 27.6 Å². The number of para-hydroxylation sites is 1. The first kappa shape index (κ1) is 14.0. The van der Waals surface area contributed by atoms with Crippen LogP contribution < -0.4 is 11.1 Å². The summed E-state index contributed by atoms with van der Waals surface area (Å²) in [5, 5.41) is 11.4. The Kier molecular flexibility index (Phi) is 3.92. The maximum atomic E-state index is 11.2. The molecule has 1 amide bonds. The number of benzene rings is 1. The van der Waals surface area contributed by atoms with Crippen molar-refractivity contribution in [2.24, 2.45) is 5.73 Å². The molecule has 8 heteroatoms. The highest BCUT2D eigenvalue weighted by molar-refractivity contribution is 7.90. The first-order valence-corrected chi connectivity index (χ1v) is 6.86. The van der Waals surface area contributed by atoms with Gasteiger partial charge in [0.05, 0.1) is 16.8 Å². The van der Waals surface area contributed by atoms with Gasteiger partial charge in [-0.15, -0.1) is 0 Å². The van der Waals surface area contributed by atoms with Crippen LogP contribution in [0.25, 0.3) is 0 Å². The third kappa shape index (κ3) is 3.45. The Bertz CT molecular complexity index is 562. The van der Waals surface area contributed by atoms with Crippen molar-refractivity contribution in [3.8, 4) is 0 Å². The third-order valence-electron chi connectivity index (χ3n) is 2.07. The molecule has 0 aliphatic rings. The molecule has 0 saturated heterocycles. The van der Waals surface area contributed by atoms with Gasteiger partial charge in [-0.05, 0) is 12.1 Å². The second kappa shape index (κ2) is 5.05. The zero-order valence-electron chi connectivity index (χ0n) is 9.50. The Morgan fingerprint density at radius 1 is 1.33 bits per heavy atom. The van der Waals surface area contributed by atoms with Gasteiger partial charge >= 0.3 is 5.97 Å². The van der Waals surface area contributed by atoms with Crippen molar-refractivity contribution in [2.45, 2.75) is 0 Å². The number of anilines is 1. The summed E-state index contributed by atoms with van der Waals surface area (Å²) in [5.41, 5.74) is 4.72. The maximum Gasteiger partial charge on any atom is 0.337 e. The molecule has 0 radical (unpaired) electrons. The molecule has 0 aliphatic heterocycles. The second-order valence-electron chi connectivity index (χ2n) is 3.64. The monoisotopic (exact) mass is 272 g/mol. The van der Waals surface area contributed by atoms with Crippen LogP contribution in [0.4, 0.5) is 5.69 Å². The summed E-state index contributed by atoms with van der Waals surface area (Å²) in [6, 6.07) is 3.92. The summed E-state index contributed by atoms with van der Waals surface area (Å²) >= 11 is 0. The van der Waals surface area contributed by atoms with Crippen LogP contribution in [-0.4, -0.2) is 37.5 Å². The van der Waals surface area contributed by atoms with Crippen molar-refractivity contribution in [3.05, 3.63) is 29.3 Å². The lowest BCUT2D eigenvalue weighted by atomic mass is 10.1. The summed E-state index contributed by atoms with van der Waals surface area (Å²) in [5.74, 6) is -2.61. The van der Waals surface area contributed by atoms with Gasteiger partial charge in [0.15, 0.2) is 9.84 Å². The van der Waals surface area contributed by atoms with Gasteiger partial charge in [-0.25, -0.2) is 13.2 Å². The molecule has 0 aliphatic carbocycles. The number of carboxylic acids is 1. The number of carbonyl (C=O) groups excluding carboxylic acids is 1. The van der Waals surface area contributed by atoms with Crippen molar-refractivity contribution < 1.29 is 23.1 Å². The number of carbonyl (C=O) groups is 2. The normalized spacial score (nSPS) is 10.9. The van der Waals surface area contributed by atoms with Gasteiger partial charge in [0, 0.05) is 6.26 Å². The first-order chi connectivity index (χ1) is 8.22. The fraction of sp³-hybridized carbons (Fsp3) is 0.200. The van der Waals surface area contributed by atoms with Crippen LogP contribution in [0, 0.1) is 0 Å². The zero-order valence-corrected chi connectivity index (χ0v) is 10.3. The van der Waals surface area contributed by atoms with E-state index in [1.807, 2.05) is 0 Å². The fourth-order valence-electron chi connectivity index (χ4n) is 1.33. The van der Waals surface area contributed by atoms with Gasteiger partial charge in [-0.3, -0.25) is 4.79 Å². The molecule has 0 heterocycles. The number of nitrogens with two attached hydrogens (primary N) is 1. The summed E-state index contributed by atoms with van der Waals surface area (Å²) in [6.07, 6.45) is 0.979. The van der Waals surface area contributed by atoms with E-state index in [9.17, 15) is 18.0 Å². The van der Waals surface area contributed by atoms with E-state index in [0.29, 0.717) is 0 Å². The first-order valence-electron chi connectivity index (χ1n) is 4.80. The molecule has 0 unspecified atom stereocenters. The highest BCUT2D eigenvalue weighted by Gasteiger charge is 2.17. The number of amides is 1. The molecular weight excluding hydrogens is 260 g/mol. The van der Waals surface area contributed by atoms with Crippen LogP contribution >= 0.6 is 0 Å².